The summed E-state index contributed by atoms with van der Waals surface area (Å²) in [5.74, 6) is 0.511. The molecule has 26 heavy (non-hydrogen) atoms. The predicted molar refractivity (Wildman–Crippen MR) is 107 cm³/mol. The molecule has 1 amide bonds. The zero-order valence-corrected chi connectivity index (χ0v) is 16.8. The Morgan fingerprint density at radius 1 is 1.27 bits per heavy atom. The number of carbonyl (C=O) groups is 1. The van der Waals surface area contributed by atoms with Gasteiger partial charge in [-0.1, -0.05) is 17.7 Å². The van der Waals surface area contributed by atoms with Gasteiger partial charge in [0.05, 0.1) is 6.04 Å². The van der Waals surface area contributed by atoms with Crippen LogP contribution in [0, 0.1) is 0 Å². The van der Waals surface area contributed by atoms with Crippen molar-refractivity contribution in [1.29, 1.82) is 0 Å². The van der Waals surface area contributed by atoms with E-state index in [-0.39, 0.29) is 11.9 Å². The van der Waals surface area contributed by atoms with Crippen LogP contribution >= 0.6 is 22.9 Å². The third-order valence-corrected chi connectivity index (χ3v) is 5.87. The molecule has 0 spiro atoms. The monoisotopic (exact) mass is 392 g/mol. The van der Waals surface area contributed by atoms with Gasteiger partial charge in [0.2, 0.25) is 0 Å². The molecule has 0 radical (unpaired) electrons. The average molecular weight is 393 g/mol. The minimum Gasteiger partial charge on any atom is -0.478 e. The van der Waals surface area contributed by atoms with Gasteiger partial charge in [-0.3, -0.25) is 9.69 Å². The molecular weight excluding hydrogens is 368 g/mol. The van der Waals surface area contributed by atoms with Crippen LogP contribution in [-0.4, -0.2) is 36.0 Å². The molecule has 1 aromatic carbocycles. The van der Waals surface area contributed by atoms with Gasteiger partial charge in [-0.2, -0.15) is 0 Å². The fourth-order valence-electron chi connectivity index (χ4n) is 3.19. The summed E-state index contributed by atoms with van der Waals surface area (Å²) in [7, 11) is 0. The van der Waals surface area contributed by atoms with Gasteiger partial charge < -0.3 is 10.1 Å². The molecule has 4 nitrogen and oxygen atoms in total. The first-order valence-corrected chi connectivity index (χ1v) is 10.2. The van der Waals surface area contributed by atoms with E-state index in [9.17, 15) is 4.79 Å². The van der Waals surface area contributed by atoms with Gasteiger partial charge in [0.1, 0.15) is 5.75 Å². The van der Waals surface area contributed by atoms with Gasteiger partial charge in [0.15, 0.2) is 5.60 Å². The Morgan fingerprint density at radius 2 is 1.96 bits per heavy atom. The number of amides is 1. The van der Waals surface area contributed by atoms with Crippen molar-refractivity contribution < 1.29 is 9.53 Å². The first-order chi connectivity index (χ1) is 12.5. The lowest BCUT2D eigenvalue weighted by Gasteiger charge is -2.30. The van der Waals surface area contributed by atoms with Crippen LogP contribution in [0.1, 0.15) is 37.6 Å². The molecule has 1 aliphatic rings. The Hall–Kier alpha value is -1.56. The second-order valence-corrected chi connectivity index (χ2v) is 8.47. The van der Waals surface area contributed by atoms with Crippen LogP contribution in [0.15, 0.2) is 41.8 Å². The van der Waals surface area contributed by atoms with E-state index in [1.54, 1.807) is 49.4 Å². The highest BCUT2D eigenvalue weighted by Crippen LogP contribution is 2.28. The molecule has 0 unspecified atom stereocenters. The zero-order valence-electron chi connectivity index (χ0n) is 15.2. The van der Waals surface area contributed by atoms with Crippen LogP contribution in [0.2, 0.25) is 5.02 Å². The summed E-state index contributed by atoms with van der Waals surface area (Å²) in [6, 6.07) is 11.5. The topological polar surface area (TPSA) is 41.6 Å². The molecule has 0 aliphatic carbocycles. The second-order valence-electron chi connectivity index (χ2n) is 7.05. The summed E-state index contributed by atoms with van der Waals surface area (Å²) in [5, 5.41) is 5.83. The highest BCUT2D eigenvalue weighted by Gasteiger charge is 2.32. The van der Waals surface area contributed by atoms with Gasteiger partial charge in [0, 0.05) is 16.4 Å². The molecule has 1 saturated heterocycles. The van der Waals surface area contributed by atoms with Crippen molar-refractivity contribution in [3.63, 3.8) is 0 Å². The summed E-state index contributed by atoms with van der Waals surface area (Å²) in [6.07, 6.45) is 2.45. The van der Waals surface area contributed by atoms with Crippen molar-refractivity contribution in [2.45, 2.75) is 38.3 Å². The Kier molecular flexibility index (Phi) is 6.22. The maximum atomic E-state index is 12.7. The Balaban J connectivity index is 1.62. The van der Waals surface area contributed by atoms with E-state index in [1.165, 1.54) is 17.7 Å². The quantitative estimate of drug-likeness (QED) is 0.753. The van der Waals surface area contributed by atoms with E-state index < -0.39 is 5.60 Å². The second kappa shape index (κ2) is 8.42. The van der Waals surface area contributed by atoms with Crippen LogP contribution in [0.3, 0.4) is 0 Å². The fourth-order valence-corrected chi connectivity index (χ4v) is 4.18. The molecule has 3 rings (SSSR count). The number of hydrogen-bond acceptors (Lipinski definition) is 4. The number of likely N-dealkylation sites (tertiary alicyclic amines) is 1. The Bertz CT molecular complexity index is 710. The fraction of sp³-hybridized carbons (Fsp3) is 0.450. The number of ether oxygens (including phenoxy) is 1. The van der Waals surface area contributed by atoms with E-state index in [4.69, 9.17) is 16.3 Å². The molecule has 1 aliphatic heterocycles. The highest BCUT2D eigenvalue weighted by atomic mass is 35.5. The van der Waals surface area contributed by atoms with Gasteiger partial charge in [-0.15, -0.1) is 11.3 Å². The first kappa shape index (κ1) is 19.2. The number of hydrogen-bond donors (Lipinski definition) is 1. The summed E-state index contributed by atoms with van der Waals surface area (Å²) in [5.41, 5.74) is -0.959. The van der Waals surface area contributed by atoms with E-state index in [0.717, 1.165) is 13.1 Å². The Labute approximate surface area is 164 Å². The summed E-state index contributed by atoms with van der Waals surface area (Å²) < 4.78 is 5.89. The minimum absolute atomic E-state index is 0.117. The van der Waals surface area contributed by atoms with Crippen molar-refractivity contribution >= 4 is 28.8 Å². The van der Waals surface area contributed by atoms with Gasteiger partial charge in [-0.05, 0) is 75.5 Å². The predicted octanol–water partition coefficient (Wildman–Crippen LogP) is 4.51. The van der Waals surface area contributed by atoms with E-state index in [2.05, 4.69) is 27.7 Å². The number of benzene rings is 1. The zero-order chi connectivity index (χ0) is 18.6. The molecule has 1 aromatic heterocycles. The van der Waals surface area contributed by atoms with Crippen LogP contribution < -0.4 is 10.1 Å². The number of rotatable bonds is 7. The Morgan fingerprint density at radius 3 is 2.58 bits per heavy atom. The number of carbonyl (C=O) groups excluding carboxylic acids is 1. The smallest absolute Gasteiger partial charge is 0.263 e. The number of nitrogens with zero attached hydrogens (tertiary/aromatic N) is 1. The lowest BCUT2D eigenvalue weighted by molar-refractivity contribution is -0.134. The van der Waals surface area contributed by atoms with Crippen molar-refractivity contribution in [2.24, 2.45) is 0 Å². The van der Waals surface area contributed by atoms with Crippen molar-refractivity contribution in [2.75, 3.05) is 19.6 Å². The van der Waals surface area contributed by atoms with Crippen molar-refractivity contribution in [1.82, 2.24) is 10.2 Å². The number of nitrogens with one attached hydrogen (secondary N) is 1. The maximum Gasteiger partial charge on any atom is 0.263 e. The van der Waals surface area contributed by atoms with Crippen LogP contribution in [0.25, 0.3) is 0 Å². The molecule has 0 bridgehead atoms. The standard InChI is InChI=1S/C20H25ClN2O2S/c1-20(2,25-16-9-7-15(21)8-10-16)19(24)22-14-17(18-6-5-13-26-18)23-11-3-4-12-23/h5-10,13,17H,3-4,11-12,14H2,1-2H3,(H,22,24)/t17-/m1/s1. The molecule has 0 saturated carbocycles. The van der Waals surface area contributed by atoms with Crippen LogP contribution in [0.5, 0.6) is 5.75 Å². The lowest BCUT2D eigenvalue weighted by Crippen LogP contribution is -2.48. The van der Waals surface area contributed by atoms with E-state index in [0.29, 0.717) is 17.3 Å². The van der Waals surface area contributed by atoms with Crippen molar-refractivity contribution in [3.8, 4) is 5.75 Å². The van der Waals surface area contributed by atoms with Gasteiger partial charge in [-0.25, -0.2) is 0 Å². The molecule has 6 heteroatoms. The highest BCUT2D eigenvalue weighted by molar-refractivity contribution is 7.10. The van der Waals surface area contributed by atoms with E-state index in [1.807, 2.05) is 0 Å². The minimum atomic E-state index is -0.959. The normalized spacial score (nSPS) is 16.4. The van der Waals surface area contributed by atoms with E-state index >= 15 is 0 Å². The summed E-state index contributed by atoms with van der Waals surface area (Å²) in [4.78, 5) is 16.5. The number of thiophene rings is 1. The molecule has 1 atom stereocenters. The summed E-state index contributed by atoms with van der Waals surface area (Å²) >= 11 is 7.65. The molecular formula is C20H25ClN2O2S. The molecule has 1 fully saturated rings. The lowest BCUT2D eigenvalue weighted by atomic mass is 10.1. The summed E-state index contributed by atoms with van der Waals surface area (Å²) in [6.45, 7) is 6.33. The van der Waals surface area contributed by atoms with Crippen LogP contribution in [0.4, 0.5) is 0 Å². The largest absolute Gasteiger partial charge is 0.478 e. The van der Waals surface area contributed by atoms with Crippen molar-refractivity contribution in [3.05, 3.63) is 51.7 Å². The third kappa shape index (κ3) is 4.78. The van der Waals surface area contributed by atoms with Crippen LogP contribution in [-0.2, 0) is 4.79 Å². The molecule has 2 heterocycles. The molecule has 140 valence electrons. The van der Waals surface area contributed by atoms with Gasteiger partial charge >= 0.3 is 0 Å². The SMILES string of the molecule is CC(C)(Oc1ccc(Cl)cc1)C(=O)NC[C@H](c1cccs1)N1CCCC1. The third-order valence-electron chi connectivity index (χ3n) is 4.64. The maximum absolute atomic E-state index is 12.7. The molecule has 2 aromatic rings. The first-order valence-electron chi connectivity index (χ1n) is 8.96. The number of halogens is 1. The average Bonchev–Trinajstić information content (AvgIpc) is 3.31. The van der Waals surface area contributed by atoms with Gasteiger partial charge in [0.25, 0.3) is 5.91 Å². The molecule has 1 N–H and O–H groups in total.